The van der Waals surface area contributed by atoms with Crippen LogP contribution in [0.15, 0.2) is 12.1 Å². The minimum Gasteiger partial charge on any atom is -0.497 e. The van der Waals surface area contributed by atoms with E-state index in [0.717, 1.165) is 43.9 Å². The summed E-state index contributed by atoms with van der Waals surface area (Å²) in [5, 5.41) is 12.1. The molecule has 0 aliphatic rings. The minimum absolute atomic E-state index is 0.271. The zero-order valence-electron chi connectivity index (χ0n) is 12.2. The fraction of sp³-hybridized carbons (Fsp3) is 0.600. The lowest BCUT2D eigenvalue weighted by Gasteiger charge is -2.14. The summed E-state index contributed by atoms with van der Waals surface area (Å²) >= 11 is 0. The molecule has 0 unspecified atom stereocenters. The molecule has 1 aromatic rings. The Bertz CT molecular complexity index is 380. The van der Waals surface area contributed by atoms with E-state index in [2.05, 4.69) is 12.2 Å². The summed E-state index contributed by atoms with van der Waals surface area (Å²) in [6.07, 6.45) is 2.80. The lowest BCUT2D eigenvalue weighted by molar-refractivity contribution is 0.284. The van der Waals surface area contributed by atoms with Crippen LogP contribution in [0.25, 0.3) is 0 Å². The number of aliphatic hydroxyl groups excluding tert-OH is 1. The molecule has 0 saturated heterocycles. The fourth-order valence-corrected chi connectivity index (χ4v) is 2.07. The number of methoxy groups -OCH3 is 2. The number of hydrogen-bond donors (Lipinski definition) is 2. The van der Waals surface area contributed by atoms with Gasteiger partial charge in [-0.05, 0) is 56.5 Å². The molecule has 0 aromatic heterocycles. The molecule has 0 amide bonds. The molecule has 1 rings (SSSR count). The van der Waals surface area contributed by atoms with Gasteiger partial charge in [-0.25, -0.2) is 0 Å². The van der Waals surface area contributed by atoms with Gasteiger partial charge >= 0.3 is 0 Å². The predicted molar refractivity (Wildman–Crippen MR) is 77.2 cm³/mol. The quantitative estimate of drug-likeness (QED) is 0.671. The summed E-state index contributed by atoms with van der Waals surface area (Å²) < 4.78 is 10.7. The van der Waals surface area contributed by atoms with Crippen molar-refractivity contribution in [1.29, 1.82) is 0 Å². The molecule has 0 saturated carbocycles. The molecule has 108 valence electrons. The standard InChI is InChI=1S/C15H25NO3/c1-12-10-13(18-2)11-15(19-3)14(12)6-8-16-7-4-5-9-17/h10-11,16-17H,4-9H2,1-3H3. The molecular formula is C15H25NO3. The predicted octanol–water partition coefficient (Wildman–Crippen LogP) is 1.92. The largest absolute Gasteiger partial charge is 0.497 e. The summed E-state index contributed by atoms with van der Waals surface area (Å²) in [6, 6.07) is 3.96. The Hall–Kier alpha value is -1.26. The van der Waals surface area contributed by atoms with Crippen LogP contribution in [0.5, 0.6) is 11.5 Å². The van der Waals surface area contributed by atoms with Crippen molar-refractivity contribution in [2.45, 2.75) is 26.2 Å². The van der Waals surface area contributed by atoms with Crippen molar-refractivity contribution >= 4 is 0 Å². The molecule has 0 radical (unpaired) electrons. The highest BCUT2D eigenvalue weighted by molar-refractivity contribution is 5.46. The Morgan fingerprint density at radius 1 is 1.11 bits per heavy atom. The summed E-state index contributed by atoms with van der Waals surface area (Å²) in [6.45, 7) is 4.20. The highest BCUT2D eigenvalue weighted by Crippen LogP contribution is 2.28. The molecule has 2 N–H and O–H groups in total. The van der Waals surface area contributed by atoms with Crippen LogP contribution in [0.3, 0.4) is 0 Å². The number of hydrogen-bond acceptors (Lipinski definition) is 4. The highest BCUT2D eigenvalue weighted by atomic mass is 16.5. The van der Waals surface area contributed by atoms with Gasteiger partial charge in [0.05, 0.1) is 14.2 Å². The van der Waals surface area contributed by atoms with E-state index in [1.807, 2.05) is 12.1 Å². The van der Waals surface area contributed by atoms with Gasteiger partial charge in [-0.1, -0.05) is 0 Å². The Balaban J connectivity index is 2.52. The zero-order valence-corrected chi connectivity index (χ0v) is 12.2. The monoisotopic (exact) mass is 267 g/mol. The van der Waals surface area contributed by atoms with Gasteiger partial charge in [-0.15, -0.1) is 0 Å². The van der Waals surface area contributed by atoms with Crippen LogP contribution in [0, 0.1) is 6.92 Å². The normalized spacial score (nSPS) is 10.5. The molecule has 1 aromatic carbocycles. The second-order valence-electron chi connectivity index (χ2n) is 4.56. The van der Waals surface area contributed by atoms with Crippen LogP contribution in [0.2, 0.25) is 0 Å². The van der Waals surface area contributed by atoms with E-state index in [0.29, 0.717) is 0 Å². The Kier molecular flexibility index (Phi) is 7.30. The first kappa shape index (κ1) is 15.8. The molecule has 0 spiro atoms. The lowest BCUT2D eigenvalue weighted by atomic mass is 10.0. The van der Waals surface area contributed by atoms with E-state index in [9.17, 15) is 0 Å². The zero-order chi connectivity index (χ0) is 14.1. The molecule has 4 nitrogen and oxygen atoms in total. The van der Waals surface area contributed by atoms with E-state index in [4.69, 9.17) is 14.6 Å². The third kappa shape index (κ3) is 5.09. The molecule has 0 aliphatic heterocycles. The molecule has 0 atom stereocenters. The second-order valence-corrected chi connectivity index (χ2v) is 4.56. The van der Waals surface area contributed by atoms with Crippen molar-refractivity contribution in [3.05, 3.63) is 23.3 Å². The van der Waals surface area contributed by atoms with Crippen molar-refractivity contribution in [1.82, 2.24) is 5.32 Å². The SMILES string of the molecule is COc1cc(C)c(CCNCCCCO)c(OC)c1. The van der Waals surface area contributed by atoms with E-state index < -0.39 is 0 Å². The van der Waals surface area contributed by atoms with Crippen LogP contribution in [0.4, 0.5) is 0 Å². The number of unbranched alkanes of at least 4 members (excludes halogenated alkanes) is 1. The topological polar surface area (TPSA) is 50.7 Å². The molecule has 4 heteroatoms. The molecule has 0 heterocycles. The first-order valence-corrected chi connectivity index (χ1v) is 6.76. The molecule has 0 bridgehead atoms. The first-order chi connectivity index (χ1) is 9.22. The summed E-state index contributed by atoms with van der Waals surface area (Å²) in [7, 11) is 3.35. The Labute approximate surface area is 115 Å². The van der Waals surface area contributed by atoms with Gasteiger partial charge < -0.3 is 19.9 Å². The van der Waals surface area contributed by atoms with Crippen LogP contribution in [0.1, 0.15) is 24.0 Å². The highest BCUT2D eigenvalue weighted by Gasteiger charge is 2.08. The Morgan fingerprint density at radius 2 is 1.89 bits per heavy atom. The van der Waals surface area contributed by atoms with Gasteiger partial charge in [0, 0.05) is 12.7 Å². The van der Waals surface area contributed by atoms with Crippen molar-refractivity contribution in [2.24, 2.45) is 0 Å². The number of aryl methyl sites for hydroxylation is 1. The van der Waals surface area contributed by atoms with Crippen molar-refractivity contribution in [3.8, 4) is 11.5 Å². The maximum Gasteiger partial charge on any atom is 0.126 e. The van der Waals surface area contributed by atoms with Crippen LogP contribution in [-0.2, 0) is 6.42 Å². The molecule has 0 fully saturated rings. The van der Waals surface area contributed by atoms with Crippen molar-refractivity contribution in [3.63, 3.8) is 0 Å². The Morgan fingerprint density at radius 3 is 2.53 bits per heavy atom. The van der Waals surface area contributed by atoms with Gasteiger partial charge in [-0.3, -0.25) is 0 Å². The maximum atomic E-state index is 8.70. The maximum absolute atomic E-state index is 8.70. The van der Waals surface area contributed by atoms with Gasteiger partial charge in [0.15, 0.2) is 0 Å². The van der Waals surface area contributed by atoms with Gasteiger partial charge in [0.2, 0.25) is 0 Å². The van der Waals surface area contributed by atoms with Gasteiger partial charge in [0.1, 0.15) is 11.5 Å². The third-order valence-electron chi connectivity index (χ3n) is 3.17. The van der Waals surface area contributed by atoms with E-state index >= 15 is 0 Å². The van der Waals surface area contributed by atoms with Gasteiger partial charge in [-0.2, -0.15) is 0 Å². The third-order valence-corrected chi connectivity index (χ3v) is 3.17. The second kappa shape index (κ2) is 8.77. The number of nitrogens with one attached hydrogen (secondary N) is 1. The van der Waals surface area contributed by atoms with Crippen LogP contribution < -0.4 is 14.8 Å². The van der Waals surface area contributed by atoms with Crippen LogP contribution in [-0.4, -0.2) is 39.0 Å². The number of rotatable bonds is 9. The van der Waals surface area contributed by atoms with Gasteiger partial charge in [0.25, 0.3) is 0 Å². The van der Waals surface area contributed by atoms with Crippen molar-refractivity contribution < 1.29 is 14.6 Å². The van der Waals surface area contributed by atoms with E-state index in [-0.39, 0.29) is 6.61 Å². The number of ether oxygens (including phenoxy) is 2. The summed E-state index contributed by atoms with van der Waals surface area (Å²) in [4.78, 5) is 0. The lowest BCUT2D eigenvalue weighted by Crippen LogP contribution is -2.19. The molecule has 0 aliphatic carbocycles. The summed E-state index contributed by atoms with van der Waals surface area (Å²) in [5.41, 5.74) is 2.41. The smallest absolute Gasteiger partial charge is 0.126 e. The fourth-order valence-electron chi connectivity index (χ4n) is 2.07. The average molecular weight is 267 g/mol. The van der Waals surface area contributed by atoms with Crippen LogP contribution >= 0.6 is 0 Å². The van der Waals surface area contributed by atoms with E-state index in [1.54, 1.807) is 14.2 Å². The average Bonchev–Trinajstić information content (AvgIpc) is 2.43. The molecular weight excluding hydrogens is 242 g/mol. The van der Waals surface area contributed by atoms with E-state index in [1.165, 1.54) is 11.1 Å². The van der Waals surface area contributed by atoms with Crippen molar-refractivity contribution in [2.75, 3.05) is 33.9 Å². The minimum atomic E-state index is 0.271. The number of aliphatic hydroxyl groups is 1. The molecule has 19 heavy (non-hydrogen) atoms. The first-order valence-electron chi connectivity index (χ1n) is 6.76. The number of benzene rings is 1. The summed E-state index contributed by atoms with van der Waals surface area (Å²) in [5.74, 6) is 1.71.